The van der Waals surface area contributed by atoms with Crippen molar-refractivity contribution in [1.82, 2.24) is 5.32 Å². The molecule has 118 valence electrons. The van der Waals surface area contributed by atoms with Gasteiger partial charge in [-0.15, -0.1) is 0 Å². The highest BCUT2D eigenvalue weighted by Gasteiger charge is 2.16. The molecule has 9 heteroatoms. The fourth-order valence-electron chi connectivity index (χ4n) is 0.910. The molecule has 7 nitrogen and oxygen atoms in total. The van der Waals surface area contributed by atoms with Gasteiger partial charge in [0.05, 0.1) is 10.6 Å². The maximum Gasteiger partial charge on any atom is 0.294 e. The second kappa shape index (κ2) is 9.50. The van der Waals surface area contributed by atoms with Crippen LogP contribution in [0.25, 0.3) is 0 Å². The van der Waals surface area contributed by atoms with Crippen LogP contribution in [0.4, 0.5) is 4.79 Å². The predicted molar refractivity (Wildman–Crippen MR) is 79.6 cm³/mol. The second-order valence-electron chi connectivity index (χ2n) is 4.01. The minimum atomic E-state index is -4.00. The molecule has 0 spiro atoms. The van der Waals surface area contributed by atoms with Gasteiger partial charge in [-0.05, 0) is 26.0 Å². The van der Waals surface area contributed by atoms with Gasteiger partial charge in [0.2, 0.25) is 5.91 Å². The van der Waals surface area contributed by atoms with Crippen LogP contribution in [-0.2, 0) is 14.9 Å². The molecule has 0 radical (unpaired) electrons. The molecule has 1 aromatic carbocycles. The molecule has 2 rings (SSSR count). The number of imide groups is 1. The van der Waals surface area contributed by atoms with Gasteiger partial charge < -0.3 is 5.11 Å². The fourth-order valence-corrected chi connectivity index (χ4v) is 1.93. The first kappa shape index (κ1) is 19.6. The van der Waals surface area contributed by atoms with E-state index in [1.807, 2.05) is 0 Å². The molecule has 1 aliphatic rings. The minimum Gasteiger partial charge on any atom is -0.394 e. The molecule has 3 N–H and O–H groups in total. The van der Waals surface area contributed by atoms with E-state index < -0.39 is 10.1 Å². The minimum absolute atomic E-state index is 0.0741. The fraction of sp³-hybridized carbons (Fsp3) is 0.333. The van der Waals surface area contributed by atoms with Crippen molar-refractivity contribution >= 4 is 33.0 Å². The molecule has 1 saturated heterocycles. The summed E-state index contributed by atoms with van der Waals surface area (Å²) in [6.45, 7) is 3.44. The molecule has 0 unspecified atom stereocenters. The summed E-state index contributed by atoms with van der Waals surface area (Å²) in [5.41, 5.74) is 0. The molecule has 0 aromatic heterocycles. The zero-order chi connectivity index (χ0) is 16.5. The Morgan fingerprint density at radius 1 is 1.19 bits per heavy atom. The molecule has 1 heterocycles. The number of aliphatic hydroxyl groups is 1. The van der Waals surface area contributed by atoms with Crippen LogP contribution in [0.15, 0.2) is 35.2 Å². The molecular formula is C12H17NO6S2. The highest BCUT2D eigenvalue weighted by molar-refractivity contribution is 8.14. The Bertz CT molecular complexity index is 540. The Morgan fingerprint density at radius 3 is 1.86 bits per heavy atom. The van der Waals surface area contributed by atoms with E-state index in [-0.39, 0.29) is 22.1 Å². The smallest absolute Gasteiger partial charge is 0.294 e. The average molecular weight is 335 g/mol. The Morgan fingerprint density at radius 2 is 1.67 bits per heavy atom. The molecule has 0 aliphatic carbocycles. The molecule has 2 amide bonds. The van der Waals surface area contributed by atoms with Crippen molar-refractivity contribution in [2.24, 2.45) is 0 Å². The number of thioether (sulfide) groups is 1. The number of hydrogen-bond donors (Lipinski definition) is 3. The molecule has 0 saturated carbocycles. The van der Waals surface area contributed by atoms with Gasteiger partial charge in [0, 0.05) is 6.10 Å². The quantitative estimate of drug-likeness (QED) is 0.661. The van der Waals surface area contributed by atoms with Crippen molar-refractivity contribution in [2.75, 3.05) is 5.75 Å². The van der Waals surface area contributed by atoms with E-state index in [0.29, 0.717) is 5.75 Å². The number of rotatable bonds is 1. The van der Waals surface area contributed by atoms with E-state index >= 15 is 0 Å². The zero-order valence-electron chi connectivity index (χ0n) is 11.5. The van der Waals surface area contributed by atoms with Crippen molar-refractivity contribution < 1.29 is 27.7 Å². The summed E-state index contributed by atoms with van der Waals surface area (Å²) < 4.78 is 29.2. The maximum atomic E-state index is 10.4. The van der Waals surface area contributed by atoms with Crippen molar-refractivity contribution in [3.05, 3.63) is 30.3 Å². The monoisotopic (exact) mass is 335 g/mol. The third kappa shape index (κ3) is 11.0. The van der Waals surface area contributed by atoms with Gasteiger partial charge in [-0.25, -0.2) is 0 Å². The normalized spacial score (nSPS) is 13.8. The van der Waals surface area contributed by atoms with Crippen LogP contribution < -0.4 is 5.32 Å². The molecule has 0 bridgehead atoms. The lowest BCUT2D eigenvalue weighted by atomic mass is 10.4. The van der Waals surface area contributed by atoms with Crippen LogP contribution in [-0.4, -0.2) is 41.1 Å². The highest BCUT2D eigenvalue weighted by atomic mass is 32.2. The molecule has 0 atom stereocenters. The Labute approximate surface area is 127 Å². The van der Waals surface area contributed by atoms with Crippen LogP contribution in [0.5, 0.6) is 0 Å². The van der Waals surface area contributed by atoms with Gasteiger partial charge in [0.25, 0.3) is 15.4 Å². The van der Waals surface area contributed by atoms with Gasteiger partial charge >= 0.3 is 0 Å². The SMILES string of the molecule is CC(C)O.O=C1CSC(=O)N1.O=S(=O)(O)c1ccccc1. The molecular weight excluding hydrogens is 318 g/mol. The number of carbonyl (C=O) groups excluding carboxylic acids is 2. The summed E-state index contributed by atoms with van der Waals surface area (Å²) in [7, 11) is -4.00. The van der Waals surface area contributed by atoms with Crippen molar-refractivity contribution in [3.8, 4) is 0 Å². The first-order valence-electron chi connectivity index (χ1n) is 5.80. The number of carbonyl (C=O) groups is 2. The van der Waals surface area contributed by atoms with Crippen LogP contribution in [0.1, 0.15) is 13.8 Å². The summed E-state index contributed by atoms with van der Waals surface area (Å²) in [5, 5.41) is 9.93. The molecule has 1 fully saturated rings. The lowest BCUT2D eigenvalue weighted by Crippen LogP contribution is -2.18. The van der Waals surface area contributed by atoms with E-state index in [0.717, 1.165) is 11.8 Å². The van der Waals surface area contributed by atoms with Crippen LogP contribution in [0, 0.1) is 0 Å². The lowest BCUT2D eigenvalue weighted by molar-refractivity contribution is -0.117. The number of amides is 2. The van der Waals surface area contributed by atoms with Crippen LogP contribution in [0.2, 0.25) is 0 Å². The first-order valence-corrected chi connectivity index (χ1v) is 8.22. The highest BCUT2D eigenvalue weighted by Crippen LogP contribution is 2.06. The molecule has 1 aliphatic heterocycles. The lowest BCUT2D eigenvalue weighted by Gasteiger charge is -1.92. The maximum absolute atomic E-state index is 10.4. The Kier molecular flexibility index (Phi) is 8.86. The summed E-state index contributed by atoms with van der Waals surface area (Å²) in [6, 6.07) is 7.42. The van der Waals surface area contributed by atoms with E-state index in [4.69, 9.17) is 9.66 Å². The van der Waals surface area contributed by atoms with Crippen molar-refractivity contribution in [3.63, 3.8) is 0 Å². The topological polar surface area (TPSA) is 121 Å². The number of aliphatic hydroxyl groups excluding tert-OH is 1. The van der Waals surface area contributed by atoms with Gasteiger partial charge in [-0.3, -0.25) is 19.5 Å². The van der Waals surface area contributed by atoms with E-state index in [9.17, 15) is 18.0 Å². The summed E-state index contributed by atoms with van der Waals surface area (Å²) in [6.07, 6.45) is -0.167. The first-order chi connectivity index (χ1) is 9.62. The summed E-state index contributed by atoms with van der Waals surface area (Å²) in [5.74, 6) is 0.105. The molecule has 1 aromatic rings. The standard InChI is InChI=1S/C6H6O3S.C3H3NO2S.C3H8O/c7-10(8,9)6-4-2-1-3-5-6;5-2-1-7-3(6)4-2;1-3(2)4/h1-5H,(H,7,8,9);1H2,(H,4,5,6);3-4H,1-2H3. The number of hydrogen-bond acceptors (Lipinski definition) is 6. The third-order valence-corrected chi connectivity index (χ3v) is 3.26. The van der Waals surface area contributed by atoms with Gasteiger partial charge in [-0.1, -0.05) is 30.0 Å². The number of benzene rings is 1. The van der Waals surface area contributed by atoms with Crippen LogP contribution >= 0.6 is 11.8 Å². The largest absolute Gasteiger partial charge is 0.394 e. The summed E-state index contributed by atoms with van der Waals surface area (Å²) in [4.78, 5) is 20.1. The average Bonchev–Trinajstić information content (AvgIpc) is 2.73. The van der Waals surface area contributed by atoms with Crippen molar-refractivity contribution in [1.29, 1.82) is 0 Å². The number of nitrogens with one attached hydrogen (secondary N) is 1. The van der Waals surface area contributed by atoms with Crippen LogP contribution in [0.3, 0.4) is 0 Å². The third-order valence-electron chi connectivity index (χ3n) is 1.62. The Balaban J connectivity index is 0.000000317. The van der Waals surface area contributed by atoms with Crippen molar-refractivity contribution in [2.45, 2.75) is 24.8 Å². The van der Waals surface area contributed by atoms with Gasteiger partial charge in [0.15, 0.2) is 0 Å². The second-order valence-corrected chi connectivity index (χ2v) is 6.38. The van der Waals surface area contributed by atoms with E-state index in [1.54, 1.807) is 32.0 Å². The van der Waals surface area contributed by atoms with Gasteiger partial charge in [-0.2, -0.15) is 8.42 Å². The van der Waals surface area contributed by atoms with Gasteiger partial charge in [0.1, 0.15) is 0 Å². The summed E-state index contributed by atoms with van der Waals surface area (Å²) >= 11 is 1.01. The molecule has 21 heavy (non-hydrogen) atoms. The Hall–Kier alpha value is -1.42. The predicted octanol–water partition coefficient (Wildman–Crippen LogP) is 1.29. The van der Waals surface area contributed by atoms with E-state index in [2.05, 4.69) is 5.32 Å². The zero-order valence-corrected chi connectivity index (χ0v) is 13.1. The van der Waals surface area contributed by atoms with E-state index in [1.165, 1.54) is 12.1 Å².